The average molecular weight is 712 g/mol. The first-order chi connectivity index (χ1) is 22.5. The third kappa shape index (κ3) is 11.6. The number of carboxylic acids is 2. The van der Waals surface area contributed by atoms with Crippen molar-refractivity contribution in [3.8, 4) is 0 Å². The minimum absolute atomic E-state index is 0.0847. The van der Waals surface area contributed by atoms with Crippen molar-refractivity contribution in [3.63, 3.8) is 0 Å². The van der Waals surface area contributed by atoms with E-state index in [0.29, 0.717) is 0 Å². The molecule has 3 aromatic rings. The molecule has 0 radical (unpaired) electrons. The minimum atomic E-state index is -5.08. The maximum atomic E-state index is 13.5. The zero-order chi connectivity index (χ0) is 37.3. The normalized spacial score (nSPS) is 12.4. The highest BCUT2D eigenvalue weighted by molar-refractivity contribution is 5.96. The molecule has 7 N–H and O–H groups in total. The molecule has 0 fully saturated rings. The number of carbonyl (C=O) groups excluding carboxylic acids is 1. The predicted octanol–water partition coefficient (Wildman–Crippen LogP) is 4.39. The minimum Gasteiger partial charge on any atom is -0.480 e. The largest absolute Gasteiger partial charge is 0.490 e. The number of benzene rings is 2. The van der Waals surface area contributed by atoms with Crippen LogP contribution in [0.4, 0.5) is 39.5 Å². The van der Waals surface area contributed by atoms with Crippen LogP contribution in [0, 0.1) is 0 Å². The van der Waals surface area contributed by atoms with Crippen molar-refractivity contribution >= 4 is 23.8 Å². The molecule has 0 saturated carbocycles. The second kappa shape index (κ2) is 16.0. The number of rotatable bonds is 10. The van der Waals surface area contributed by atoms with Gasteiger partial charge in [-0.15, -0.1) is 0 Å². The van der Waals surface area contributed by atoms with E-state index in [4.69, 9.17) is 21.4 Å². The number of halogens is 9. The monoisotopic (exact) mass is 711 g/mol. The van der Waals surface area contributed by atoms with Gasteiger partial charge in [0, 0.05) is 12.7 Å². The molecule has 0 saturated heterocycles. The van der Waals surface area contributed by atoms with Crippen molar-refractivity contribution in [1.82, 2.24) is 9.88 Å². The van der Waals surface area contributed by atoms with Crippen LogP contribution in [0.2, 0.25) is 0 Å². The number of pyridine rings is 1. The lowest BCUT2D eigenvalue weighted by Gasteiger charge is -2.23. The fourth-order valence-electron chi connectivity index (χ4n) is 4.11. The average Bonchev–Trinajstić information content (AvgIpc) is 2.99. The highest BCUT2D eigenvalue weighted by atomic mass is 19.4. The fraction of sp³-hybridized carbons (Fsp3) is 0.276. The number of aliphatic carboxylic acids is 2. The summed E-state index contributed by atoms with van der Waals surface area (Å²) in [4.78, 5) is 50.8. The molecule has 49 heavy (non-hydrogen) atoms. The summed E-state index contributed by atoms with van der Waals surface area (Å²) in [5.41, 5.74) is 7.20. The Labute approximate surface area is 269 Å². The van der Waals surface area contributed by atoms with Crippen LogP contribution in [0.1, 0.15) is 51.5 Å². The zero-order valence-electron chi connectivity index (χ0n) is 24.6. The number of aromatic nitrogens is 1. The second-order valence-corrected chi connectivity index (χ2v) is 9.89. The van der Waals surface area contributed by atoms with Crippen LogP contribution in [0.3, 0.4) is 0 Å². The summed E-state index contributed by atoms with van der Waals surface area (Å²) in [6, 6.07) is 7.04. The van der Waals surface area contributed by atoms with Crippen molar-refractivity contribution in [1.29, 1.82) is 0 Å². The van der Waals surface area contributed by atoms with Crippen LogP contribution in [-0.4, -0.2) is 57.3 Å². The Balaban J connectivity index is 0.00000107. The van der Waals surface area contributed by atoms with Gasteiger partial charge in [-0.1, -0.05) is 24.3 Å². The van der Waals surface area contributed by atoms with Crippen LogP contribution < -0.4 is 22.3 Å². The Kier molecular flexibility index (Phi) is 13.0. The highest BCUT2D eigenvalue weighted by Gasteiger charge is 2.38. The standard InChI is InChI=1S/C27H25F6N5O4.C2HF3O2/c28-26(29,30)17-9-5-15(6-10-17)21(16-7-11-18(12-8-16)27(31,32)33)38-14-2-3-19(23(38)40)22(39)37-20(24(41)42)4-1-13-36-25(34)35;3-2(4,5)1(6)7/h2-3,5-12,14,20-21H,1,4,13H2,(H,37,39)(H,41,42)(H4,34,35,36);(H,6,7)/t20-;/m0./s1. The Bertz CT molecular complexity index is 1640. The lowest BCUT2D eigenvalue weighted by atomic mass is 9.96. The number of guanidine groups is 1. The van der Waals surface area contributed by atoms with E-state index >= 15 is 0 Å². The highest BCUT2D eigenvalue weighted by Crippen LogP contribution is 2.34. The van der Waals surface area contributed by atoms with Gasteiger partial charge in [0.1, 0.15) is 11.6 Å². The van der Waals surface area contributed by atoms with Gasteiger partial charge in [-0.05, 0) is 60.4 Å². The number of nitrogens with one attached hydrogen (secondary N) is 1. The number of amides is 1. The molecule has 2 aromatic carbocycles. The number of carboxylic acid groups (broad SMARTS) is 2. The molecular formula is C29H26F9N5O6. The predicted molar refractivity (Wildman–Crippen MR) is 153 cm³/mol. The first-order valence-electron chi connectivity index (χ1n) is 13.5. The third-order valence-electron chi connectivity index (χ3n) is 6.40. The summed E-state index contributed by atoms with van der Waals surface area (Å²) in [6.07, 6.45) is -13.1. The quantitative estimate of drug-likeness (QED) is 0.0886. The topological polar surface area (TPSA) is 190 Å². The van der Waals surface area contributed by atoms with Crippen molar-refractivity contribution in [2.75, 3.05) is 6.54 Å². The van der Waals surface area contributed by atoms with E-state index < -0.39 is 70.7 Å². The van der Waals surface area contributed by atoms with Crippen molar-refractivity contribution in [2.45, 2.75) is 43.5 Å². The third-order valence-corrected chi connectivity index (χ3v) is 6.40. The Morgan fingerprint density at radius 3 is 1.61 bits per heavy atom. The number of aliphatic imine (C=N–C) groups is 1. The van der Waals surface area contributed by atoms with Crippen LogP contribution in [0.25, 0.3) is 0 Å². The SMILES string of the molecule is NC(N)=NCCC[C@H](NC(=O)c1cccn(C(c2ccc(C(F)(F)F)cc2)c2ccc(C(F)(F)F)cc2)c1=O)C(=O)O.O=C(O)C(F)(F)F. The van der Waals surface area contributed by atoms with E-state index in [-0.39, 0.29) is 36.5 Å². The van der Waals surface area contributed by atoms with Gasteiger partial charge in [0.05, 0.1) is 17.2 Å². The number of hydrogen-bond donors (Lipinski definition) is 5. The summed E-state index contributed by atoms with van der Waals surface area (Å²) in [5, 5.41) is 18.9. The lowest BCUT2D eigenvalue weighted by Crippen LogP contribution is -2.43. The molecule has 1 heterocycles. The van der Waals surface area contributed by atoms with E-state index in [0.717, 1.165) is 59.2 Å². The number of hydrogen-bond acceptors (Lipinski definition) is 5. The van der Waals surface area contributed by atoms with Gasteiger partial charge in [-0.3, -0.25) is 14.6 Å². The van der Waals surface area contributed by atoms with E-state index in [2.05, 4.69) is 10.3 Å². The van der Waals surface area contributed by atoms with Gasteiger partial charge >= 0.3 is 30.5 Å². The summed E-state index contributed by atoms with van der Waals surface area (Å²) in [5.74, 6) is -5.40. The van der Waals surface area contributed by atoms with Gasteiger partial charge in [0.2, 0.25) is 0 Å². The Morgan fingerprint density at radius 2 is 1.24 bits per heavy atom. The molecule has 0 unspecified atom stereocenters. The molecule has 0 bridgehead atoms. The molecule has 20 heteroatoms. The fourth-order valence-corrected chi connectivity index (χ4v) is 4.11. The maximum Gasteiger partial charge on any atom is 0.490 e. The van der Waals surface area contributed by atoms with Gasteiger partial charge < -0.3 is 31.6 Å². The molecular weight excluding hydrogens is 685 g/mol. The van der Waals surface area contributed by atoms with Crippen molar-refractivity contribution in [3.05, 3.63) is 105 Å². The Morgan fingerprint density at radius 1 is 0.796 bits per heavy atom. The van der Waals surface area contributed by atoms with Crippen LogP contribution in [-0.2, 0) is 21.9 Å². The summed E-state index contributed by atoms with van der Waals surface area (Å²) < 4.78 is 112. The smallest absolute Gasteiger partial charge is 0.480 e. The van der Waals surface area contributed by atoms with E-state index in [9.17, 15) is 59.0 Å². The zero-order valence-corrected chi connectivity index (χ0v) is 24.6. The van der Waals surface area contributed by atoms with Crippen LogP contribution in [0.5, 0.6) is 0 Å². The van der Waals surface area contributed by atoms with Crippen LogP contribution >= 0.6 is 0 Å². The first-order valence-corrected chi connectivity index (χ1v) is 13.5. The molecule has 11 nitrogen and oxygen atoms in total. The number of nitrogens with zero attached hydrogens (tertiary/aromatic N) is 2. The van der Waals surface area contributed by atoms with Crippen molar-refractivity contribution < 1.29 is 64.1 Å². The van der Waals surface area contributed by atoms with Crippen LogP contribution in [0.15, 0.2) is 76.6 Å². The molecule has 0 aliphatic heterocycles. The van der Waals surface area contributed by atoms with E-state index in [1.54, 1.807) is 0 Å². The lowest BCUT2D eigenvalue weighted by molar-refractivity contribution is -0.192. The molecule has 1 atom stereocenters. The van der Waals surface area contributed by atoms with E-state index in [1.165, 1.54) is 12.3 Å². The summed E-state index contributed by atoms with van der Waals surface area (Å²) in [6.45, 7) is 0.0854. The molecule has 1 amide bonds. The molecule has 0 spiro atoms. The molecule has 266 valence electrons. The number of nitrogens with two attached hydrogens (primary N) is 2. The molecule has 1 aromatic heterocycles. The summed E-state index contributed by atoms with van der Waals surface area (Å²) in [7, 11) is 0. The molecule has 0 aliphatic carbocycles. The van der Waals surface area contributed by atoms with Crippen molar-refractivity contribution in [2.24, 2.45) is 16.5 Å². The Hall–Kier alpha value is -5.56. The maximum absolute atomic E-state index is 13.5. The first kappa shape index (κ1) is 39.6. The van der Waals surface area contributed by atoms with Gasteiger partial charge in [-0.25, -0.2) is 9.59 Å². The second-order valence-electron chi connectivity index (χ2n) is 9.89. The van der Waals surface area contributed by atoms with Gasteiger partial charge in [0.15, 0.2) is 5.96 Å². The molecule has 3 rings (SSSR count). The van der Waals surface area contributed by atoms with E-state index in [1.807, 2.05) is 0 Å². The number of carbonyl (C=O) groups is 3. The van der Waals surface area contributed by atoms with Gasteiger partial charge in [0.25, 0.3) is 11.5 Å². The summed E-state index contributed by atoms with van der Waals surface area (Å²) >= 11 is 0. The van der Waals surface area contributed by atoms with Gasteiger partial charge in [-0.2, -0.15) is 39.5 Å². The number of alkyl halides is 9. The molecule has 0 aliphatic rings.